The van der Waals surface area contributed by atoms with E-state index in [0.717, 1.165) is 6.54 Å². The molecule has 1 heterocycles. The van der Waals surface area contributed by atoms with Crippen LogP contribution < -0.4 is 5.32 Å². The van der Waals surface area contributed by atoms with Crippen molar-refractivity contribution >= 4 is 17.0 Å². The first kappa shape index (κ1) is 10.8. The van der Waals surface area contributed by atoms with Gasteiger partial charge in [0.15, 0.2) is 0 Å². The second kappa shape index (κ2) is 4.88. The van der Waals surface area contributed by atoms with Crippen LogP contribution >= 0.6 is 11.3 Å². The summed E-state index contributed by atoms with van der Waals surface area (Å²) >= 11 is 1.88. The van der Waals surface area contributed by atoms with Gasteiger partial charge in [-0.3, -0.25) is 0 Å². The number of thiazole rings is 1. The van der Waals surface area contributed by atoms with E-state index in [-0.39, 0.29) is 0 Å². The molecule has 0 fully saturated rings. The summed E-state index contributed by atoms with van der Waals surface area (Å²) in [6, 6.07) is 10.3. The lowest BCUT2D eigenvalue weighted by atomic mass is 10.0. The van der Waals surface area contributed by atoms with E-state index in [1.165, 1.54) is 46.9 Å². The van der Waals surface area contributed by atoms with Gasteiger partial charge < -0.3 is 5.32 Å². The van der Waals surface area contributed by atoms with Crippen LogP contribution in [-0.2, 0) is 19.4 Å². The second-order valence-corrected chi connectivity index (χ2v) is 5.57. The van der Waals surface area contributed by atoms with E-state index in [4.69, 9.17) is 4.98 Å². The third-order valence-electron chi connectivity index (χ3n) is 3.11. The lowest BCUT2D eigenvalue weighted by Crippen LogP contribution is -2.00. The highest BCUT2D eigenvalue weighted by molar-refractivity contribution is 7.11. The van der Waals surface area contributed by atoms with Gasteiger partial charge in [0.1, 0.15) is 5.01 Å². The number of anilines is 1. The highest BCUT2D eigenvalue weighted by Gasteiger charge is 2.14. The molecule has 2 aromatic rings. The first-order chi connectivity index (χ1) is 8.42. The van der Waals surface area contributed by atoms with E-state index in [1.807, 2.05) is 17.4 Å². The molecule has 3 rings (SSSR count). The number of aromatic nitrogens is 1. The Morgan fingerprint density at radius 1 is 1.12 bits per heavy atom. The maximum absolute atomic E-state index is 4.72. The van der Waals surface area contributed by atoms with Crippen LogP contribution in [0.15, 0.2) is 30.3 Å². The Labute approximate surface area is 106 Å². The van der Waals surface area contributed by atoms with Crippen molar-refractivity contribution in [3.05, 3.63) is 45.9 Å². The van der Waals surface area contributed by atoms with Gasteiger partial charge in [0.25, 0.3) is 0 Å². The van der Waals surface area contributed by atoms with E-state index in [9.17, 15) is 0 Å². The zero-order chi connectivity index (χ0) is 11.5. The summed E-state index contributed by atoms with van der Waals surface area (Å²) in [5, 5.41) is 4.64. The summed E-state index contributed by atoms with van der Waals surface area (Å²) < 4.78 is 0. The van der Waals surface area contributed by atoms with E-state index in [0.29, 0.717) is 0 Å². The van der Waals surface area contributed by atoms with Crippen molar-refractivity contribution in [2.45, 2.75) is 32.2 Å². The number of nitrogens with zero attached hydrogens (tertiary/aromatic N) is 1. The van der Waals surface area contributed by atoms with Crippen LogP contribution in [0, 0.1) is 0 Å². The van der Waals surface area contributed by atoms with E-state index in [2.05, 4.69) is 29.6 Å². The summed E-state index contributed by atoms with van der Waals surface area (Å²) in [5.41, 5.74) is 2.52. The van der Waals surface area contributed by atoms with Gasteiger partial charge in [-0.25, -0.2) is 4.98 Å². The lowest BCUT2D eigenvalue weighted by molar-refractivity contribution is 0.681. The van der Waals surface area contributed by atoms with Crippen molar-refractivity contribution in [2.75, 3.05) is 5.32 Å². The predicted molar refractivity (Wildman–Crippen MR) is 72.5 cm³/mol. The molecule has 1 aliphatic carbocycles. The molecule has 88 valence electrons. The van der Waals surface area contributed by atoms with E-state index >= 15 is 0 Å². The zero-order valence-corrected chi connectivity index (χ0v) is 10.6. The molecule has 0 saturated heterocycles. The van der Waals surface area contributed by atoms with Gasteiger partial charge in [-0.15, -0.1) is 11.3 Å². The second-order valence-electron chi connectivity index (χ2n) is 4.40. The summed E-state index contributed by atoms with van der Waals surface area (Å²) in [6.07, 6.45) is 5.05. The van der Waals surface area contributed by atoms with Crippen LogP contribution in [0.5, 0.6) is 0 Å². The maximum atomic E-state index is 4.72. The number of benzene rings is 1. The Bertz CT molecular complexity index is 467. The van der Waals surface area contributed by atoms with Crippen LogP contribution in [0.4, 0.5) is 5.69 Å². The van der Waals surface area contributed by atoms with Crippen LogP contribution in [-0.4, -0.2) is 4.98 Å². The average Bonchev–Trinajstić information content (AvgIpc) is 2.80. The highest BCUT2D eigenvalue weighted by atomic mass is 32.1. The van der Waals surface area contributed by atoms with Gasteiger partial charge >= 0.3 is 0 Å². The molecule has 0 amide bonds. The van der Waals surface area contributed by atoms with Crippen LogP contribution in [0.2, 0.25) is 0 Å². The highest BCUT2D eigenvalue weighted by Crippen LogP contribution is 2.27. The molecule has 2 nitrogen and oxygen atoms in total. The molecule has 1 aromatic heterocycles. The van der Waals surface area contributed by atoms with Crippen LogP contribution in [0.1, 0.15) is 28.4 Å². The Kier molecular flexibility index (Phi) is 3.10. The molecule has 1 aromatic carbocycles. The van der Waals surface area contributed by atoms with Gasteiger partial charge in [0, 0.05) is 10.6 Å². The molecule has 0 bridgehead atoms. The third kappa shape index (κ3) is 2.50. The normalized spacial score (nSPS) is 14.4. The molecule has 0 spiro atoms. The molecule has 0 radical (unpaired) electrons. The minimum atomic E-state index is 0.849. The number of rotatable bonds is 3. The molecule has 1 N–H and O–H groups in total. The molecule has 17 heavy (non-hydrogen) atoms. The van der Waals surface area contributed by atoms with Crippen molar-refractivity contribution in [3.8, 4) is 0 Å². The molecule has 0 aliphatic heterocycles. The first-order valence-electron chi connectivity index (χ1n) is 6.18. The summed E-state index contributed by atoms with van der Waals surface area (Å²) in [5.74, 6) is 0. The summed E-state index contributed by atoms with van der Waals surface area (Å²) in [7, 11) is 0. The van der Waals surface area contributed by atoms with Crippen molar-refractivity contribution in [2.24, 2.45) is 0 Å². The Morgan fingerprint density at radius 2 is 1.94 bits per heavy atom. The van der Waals surface area contributed by atoms with Gasteiger partial charge in [-0.05, 0) is 37.8 Å². The van der Waals surface area contributed by atoms with E-state index in [1.54, 1.807) is 0 Å². The number of hydrogen-bond donors (Lipinski definition) is 1. The number of para-hydroxylation sites is 1. The predicted octanol–water partition coefficient (Wildman–Crippen LogP) is 3.63. The number of aryl methyl sites for hydroxylation is 2. The summed E-state index contributed by atoms with van der Waals surface area (Å²) in [4.78, 5) is 6.24. The number of fused-ring (bicyclic) bond motifs is 1. The summed E-state index contributed by atoms with van der Waals surface area (Å²) in [6.45, 7) is 0.849. The van der Waals surface area contributed by atoms with Crippen molar-refractivity contribution < 1.29 is 0 Å². The molecule has 0 atom stereocenters. The Hall–Kier alpha value is -1.35. The SMILES string of the molecule is c1ccc(NCc2nc3c(s2)CCCC3)cc1. The minimum Gasteiger partial charge on any atom is -0.379 e. The maximum Gasteiger partial charge on any atom is 0.112 e. The van der Waals surface area contributed by atoms with Gasteiger partial charge in [0.05, 0.1) is 12.2 Å². The number of hydrogen-bond acceptors (Lipinski definition) is 3. The topological polar surface area (TPSA) is 24.9 Å². The molecule has 0 saturated carbocycles. The van der Waals surface area contributed by atoms with Crippen molar-refractivity contribution in [3.63, 3.8) is 0 Å². The lowest BCUT2D eigenvalue weighted by Gasteiger charge is -2.06. The third-order valence-corrected chi connectivity index (χ3v) is 4.26. The molecule has 3 heteroatoms. The van der Waals surface area contributed by atoms with Gasteiger partial charge in [-0.1, -0.05) is 18.2 Å². The van der Waals surface area contributed by atoms with E-state index < -0.39 is 0 Å². The van der Waals surface area contributed by atoms with Crippen molar-refractivity contribution in [1.29, 1.82) is 0 Å². The van der Waals surface area contributed by atoms with Crippen LogP contribution in [0.25, 0.3) is 0 Å². The molecule has 1 aliphatic rings. The first-order valence-corrected chi connectivity index (χ1v) is 7.00. The number of nitrogens with one attached hydrogen (secondary N) is 1. The molecular weight excluding hydrogens is 228 g/mol. The van der Waals surface area contributed by atoms with Gasteiger partial charge in [0.2, 0.25) is 0 Å². The fourth-order valence-corrected chi connectivity index (χ4v) is 3.31. The average molecular weight is 244 g/mol. The van der Waals surface area contributed by atoms with Crippen LogP contribution in [0.3, 0.4) is 0 Å². The van der Waals surface area contributed by atoms with Gasteiger partial charge in [-0.2, -0.15) is 0 Å². The Balaban J connectivity index is 1.67. The fraction of sp³-hybridized carbons (Fsp3) is 0.357. The fourth-order valence-electron chi connectivity index (χ4n) is 2.21. The monoisotopic (exact) mass is 244 g/mol. The standard InChI is InChI=1S/C14H16N2S/c1-2-6-11(7-3-1)15-10-14-16-12-8-4-5-9-13(12)17-14/h1-3,6-7,15H,4-5,8-10H2. The quantitative estimate of drug-likeness (QED) is 0.891. The smallest absolute Gasteiger partial charge is 0.112 e. The molecular formula is C14H16N2S. The van der Waals surface area contributed by atoms with Crippen molar-refractivity contribution in [1.82, 2.24) is 4.98 Å². The Morgan fingerprint density at radius 3 is 2.76 bits per heavy atom. The minimum absolute atomic E-state index is 0.849. The zero-order valence-electron chi connectivity index (χ0n) is 9.78. The largest absolute Gasteiger partial charge is 0.379 e. The molecule has 0 unspecified atom stereocenters.